The molecule has 0 bridgehead atoms. The smallest absolute Gasteiger partial charge is 0.378 e. The SMILES string of the molecule is C[C@H](Nc1nc(N)ncc1C(F)(F)F)c1cc2cccc(Cl)c2c(C(=O)N2CCOCC2)n1. The molecule has 1 aromatic carbocycles. The van der Waals surface area contributed by atoms with E-state index in [1.54, 1.807) is 36.1 Å². The van der Waals surface area contributed by atoms with E-state index in [4.69, 9.17) is 22.1 Å². The second-order valence-corrected chi connectivity index (χ2v) is 7.90. The van der Waals surface area contributed by atoms with Gasteiger partial charge in [0, 0.05) is 24.7 Å². The molecule has 3 heterocycles. The fourth-order valence-electron chi connectivity index (χ4n) is 3.57. The average Bonchev–Trinajstić information content (AvgIpc) is 2.78. The highest BCUT2D eigenvalue weighted by atomic mass is 35.5. The molecule has 0 unspecified atom stereocenters. The van der Waals surface area contributed by atoms with Crippen molar-refractivity contribution in [2.45, 2.75) is 19.1 Å². The van der Waals surface area contributed by atoms with E-state index in [0.717, 1.165) is 0 Å². The number of fused-ring (bicyclic) bond motifs is 1. The molecule has 174 valence electrons. The molecular formula is C21H20ClF3N6O2. The molecule has 4 rings (SSSR count). The summed E-state index contributed by atoms with van der Waals surface area (Å²) in [7, 11) is 0. The summed E-state index contributed by atoms with van der Waals surface area (Å²) >= 11 is 6.39. The Morgan fingerprint density at radius 3 is 2.70 bits per heavy atom. The van der Waals surface area contributed by atoms with E-state index in [9.17, 15) is 18.0 Å². The zero-order valence-corrected chi connectivity index (χ0v) is 18.2. The zero-order chi connectivity index (χ0) is 23.8. The second-order valence-electron chi connectivity index (χ2n) is 7.49. The molecule has 1 aliphatic heterocycles. The van der Waals surface area contributed by atoms with E-state index in [1.807, 2.05) is 0 Å². The van der Waals surface area contributed by atoms with Crippen molar-refractivity contribution in [2.24, 2.45) is 0 Å². The lowest BCUT2D eigenvalue weighted by Crippen LogP contribution is -2.41. The molecule has 12 heteroatoms. The Bertz CT molecular complexity index is 1200. The molecule has 1 saturated heterocycles. The summed E-state index contributed by atoms with van der Waals surface area (Å²) in [5.74, 6) is -1.11. The molecule has 0 aliphatic carbocycles. The molecule has 1 fully saturated rings. The van der Waals surface area contributed by atoms with Gasteiger partial charge in [-0.3, -0.25) is 4.79 Å². The number of nitrogen functional groups attached to an aromatic ring is 1. The molecule has 33 heavy (non-hydrogen) atoms. The number of benzene rings is 1. The number of hydrogen-bond donors (Lipinski definition) is 2. The number of hydrogen-bond acceptors (Lipinski definition) is 7. The highest BCUT2D eigenvalue weighted by Crippen LogP contribution is 2.35. The summed E-state index contributed by atoms with van der Waals surface area (Å²) < 4.78 is 45.5. The van der Waals surface area contributed by atoms with Crippen molar-refractivity contribution in [2.75, 3.05) is 37.4 Å². The molecule has 0 spiro atoms. The molecule has 2 aromatic heterocycles. The van der Waals surface area contributed by atoms with Crippen molar-refractivity contribution < 1.29 is 22.7 Å². The van der Waals surface area contributed by atoms with E-state index in [0.29, 0.717) is 54.0 Å². The van der Waals surface area contributed by atoms with E-state index >= 15 is 0 Å². The largest absolute Gasteiger partial charge is 0.421 e. The number of pyridine rings is 1. The van der Waals surface area contributed by atoms with Gasteiger partial charge in [-0.1, -0.05) is 23.7 Å². The third-order valence-electron chi connectivity index (χ3n) is 5.24. The van der Waals surface area contributed by atoms with Crippen LogP contribution in [0.1, 0.15) is 34.7 Å². The maximum Gasteiger partial charge on any atom is 0.421 e. The van der Waals surface area contributed by atoms with Gasteiger partial charge in [-0.25, -0.2) is 9.97 Å². The van der Waals surface area contributed by atoms with Crippen LogP contribution in [0.3, 0.4) is 0 Å². The number of carbonyl (C=O) groups excluding carboxylic acids is 1. The number of nitrogens with two attached hydrogens (primary N) is 1. The number of alkyl halides is 3. The van der Waals surface area contributed by atoms with E-state index in [2.05, 4.69) is 20.3 Å². The van der Waals surface area contributed by atoms with Crippen LogP contribution in [-0.4, -0.2) is 52.1 Å². The van der Waals surface area contributed by atoms with Crippen LogP contribution < -0.4 is 11.1 Å². The van der Waals surface area contributed by atoms with Gasteiger partial charge in [-0.15, -0.1) is 0 Å². The van der Waals surface area contributed by atoms with Gasteiger partial charge in [0.2, 0.25) is 5.95 Å². The average molecular weight is 481 g/mol. The summed E-state index contributed by atoms with van der Waals surface area (Å²) in [5.41, 5.74) is 4.91. The first-order chi connectivity index (χ1) is 15.6. The minimum atomic E-state index is -4.68. The number of nitrogens with zero attached hydrogens (tertiary/aromatic N) is 4. The van der Waals surface area contributed by atoms with Crippen LogP contribution in [0.2, 0.25) is 5.02 Å². The maximum atomic E-state index is 13.4. The highest BCUT2D eigenvalue weighted by Gasteiger charge is 2.36. The highest BCUT2D eigenvalue weighted by molar-refractivity contribution is 6.36. The number of halogens is 4. The number of rotatable bonds is 4. The zero-order valence-electron chi connectivity index (χ0n) is 17.5. The van der Waals surface area contributed by atoms with Gasteiger partial charge in [-0.2, -0.15) is 18.2 Å². The third-order valence-corrected chi connectivity index (χ3v) is 5.55. The van der Waals surface area contributed by atoms with Gasteiger partial charge in [0.1, 0.15) is 17.1 Å². The van der Waals surface area contributed by atoms with Gasteiger partial charge in [-0.05, 0) is 24.4 Å². The Morgan fingerprint density at radius 1 is 1.27 bits per heavy atom. The lowest BCUT2D eigenvalue weighted by molar-refractivity contribution is -0.137. The molecule has 0 radical (unpaired) electrons. The van der Waals surface area contributed by atoms with Crippen molar-refractivity contribution in [3.63, 3.8) is 0 Å². The Morgan fingerprint density at radius 2 is 2.00 bits per heavy atom. The van der Waals surface area contributed by atoms with Crippen LogP contribution in [0.25, 0.3) is 10.8 Å². The van der Waals surface area contributed by atoms with E-state index < -0.39 is 23.6 Å². The summed E-state index contributed by atoms with van der Waals surface area (Å²) in [6.45, 7) is 3.23. The van der Waals surface area contributed by atoms with Crippen molar-refractivity contribution in [3.8, 4) is 0 Å². The fraction of sp³-hybridized carbons (Fsp3) is 0.333. The number of nitrogens with one attached hydrogen (secondary N) is 1. The monoisotopic (exact) mass is 480 g/mol. The van der Waals surface area contributed by atoms with Crippen molar-refractivity contribution in [1.29, 1.82) is 0 Å². The lowest BCUT2D eigenvalue weighted by atomic mass is 10.0. The molecule has 1 aliphatic rings. The third kappa shape index (κ3) is 4.79. The Kier molecular flexibility index (Phi) is 6.26. The predicted molar refractivity (Wildman–Crippen MR) is 117 cm³/mol. The number of morpholine rings is 1. The van der Waals surface area contributed by atoms with Gasteiger partial charge >= 0.3 is 6.18 Å². The van der Waals surface area contributed by atoms with Crippen LogP contribution in [0, 0.1) is 0 Å². The van der Waals surface area contributed by atoms with Crippen LogP contribution in [0.15, 0.2) is 30.5 Å². The number of amides is 1. The van der Waals surface area contributed by atoms with E-state index in [-0.39, 0.29) is 17.5 Å². The summed E-state index contributed by atoms with van der Waals surface area (Å²) in [4.78, 5) is 26.6. The minimum absolute atomic E-state index is 0.127. The van der Waals surface area contributed by atoms with Gasteiger partial charge in [0.05, 0.1) is 30.0 Å². The van der Waals surface area contributed by atoms with Crippen LogP contribution in [0.5, 0.6) is 0 Å². The molecular weight excluding hydrogens is 461 g/mol. The lowest BCUT2D eigenvalue weighted by Gasteiger charge is -2.27. The summed E-state index contributed by atoms with van der Waals surface area (Å²) in [6, 6.07) is 6.07. The van der Waals surface area contributed by atoms with Gasteiger partial charge < -0.3 is 20.7 Å². The fourth-order valence-corrected chi connectivity index (χ4v) is 3.84. The van der Waals surface area contributed by atoms with Crippen molar-refractivity contribution >= 4 is 40.0 Å². The molecule has 1 amide bonds. The summed E-state index contributed by atoms with van der Waals surface area (Å²) in [5, 5.41) is 4.18. The standard InChI is InChI=1S/C21H20ClF3N6O2/c1-11(28-18-13(21(23,24)25)10-27-20(26)30-18)15-9-12-3-2-4-14(22)16(12)17(29-15)19(32)31-5-7-33-8-6-31/h2-4,9-11H,5-8H2,1H3,(H3,26,27,28,30)/t11-/m0/s1. The van der Waals surface area contributed by atoms with Gasteiger partial charge in [0.25, 0.3) is 5.91 Å². The molecule has 3 N–H and O–H groups in total. The van der Waals surface area contributed by atoms with Crippen molar-refractivity contribution in [1.82, 2.24) is 19.9 Å². The maximum absolute atomic E-state index is 13.4. The quantitative estimate of drug-likeness (QED) is 0.582. The Hall–Kier alpha value is -3.18. The van der Waals surface area contributed by atoms with Gasteiger partial charge in [0.15, 0.2) is 0 Å². The topological polar surface area (TPSA) is 106 Å². The number of carbonyl (C=O) groups is 1. The molecule has 8 nitrogen and oxygen atoms in total. The number of ether oxygens (including phenoxy) is 1. The minimum Gasteiger partial charge on any atom is -0.378 e. The number of aromatic nitrogens is 3. The molecule has 0 saturated carbocycles. The first kappa shape index (κ1) is 23.0. The second kappa shape index (κ2) is 8.99. The Balaban J connectivity index is 1.76. The molecule has 3 aromatic rings. The first-order valence-corrected chi connectivity index (χ1v) is 10.5. The van der Waals surface area contributed by atoms with Crippen LogP contribution >= 0.6 is 11.6 Å². The van der Waals surface area contributed by atoms with Crippen molar-refractivity contribution in [3.05, 3.63) is 52.4 Å². The summed E-state index contributed by atoms with van der Waals surface area (Å²) in [6.07, 6.45) is -4.06. The first-order valence-electron chi connectivity index (χ1n) is 10.1. The Labute approximate surface area is 191 Å². The normalized spacial score (nSPS) is 15.5. The number of anilines is 2. The molecule has 1 atom stereocenters. The van der Waals surface area contributed by atoms with Crippen LogP contribution in [0.4, 0.5) is 24.9 Å². The van der Waals surface area contributed by atoms with E-state index in [1.165, 1.54) is 0 Å². The van der Waals surface area contributed by atoms with Crippen LogP contribution in [-0.2, 0) is 10.9 Å². The predicted octanol–water partition coefficient (Wildman–Crippen LogP) is 3.92.